The molecule has 0 saturated carbocycles. The molecule has 0 amide bonds. The van der Waals surface area contributed by atoms with Gasteiger partial charge in [-0.05, 0) is 60.3 Å². The van der Waals surface area contributed by atoms with Crippen LogP contribution in [0.1, 0.15) is 16.7 Å². The van der Waals surface area contributed by atoms with Gasteiger partial charge in [0.05, 0.1) is 4.90 Å². The molecule has 0 aromatic heterocycles. The highest BCUT2D eigenvalue weighted by molar-refractivity contribution is 8.08. The second-order valence-corrected chi connectivity index (χ2v) is 4.66. The minimum absolute atomic E-state index is 0.692. The summed E-state index contributed by atoms with van der Waals surface area (Å²) in [6.45, 7) is 6.04. The van der Waals surface area contributed by atoms with Crippen molar-refractivity contribution >= 4 is 20.7 Å². The van der Waals surface area contributed by atoms with E-state index in [0.717, 1.165) is 11.1 Å². The van der Waals surface area contributed by atoms with E-state index >= 15 is 0 Å². The van der Waals surface area contributed by atoms with Gasteiger partial charge >= 0.3 is 0 Å². The van der Waals surface area contributed by atoms with Crippen LogP contribution in [0.25, 0.3) is 0 Å². The van der Waals surface area contributed by atoms with Crippen LogP contribution >= 0.6 is 10.7 Å². The molecular weight excluding hydrogens is 192 g/mol. The monoisotopic (exact) mass is 202 g/mol. The molecular formula is C9H11ClOS. The molecule has 0 spiro atoms. The molecule has 0 fully saturated rings. The van der Waals surface area contributed by atoms with Crippen LogP contribution in [-0.4, -0.2) is 4.21 Å². The molecule has 1 nitrogen and oxygen atoms in total. The number of hydrogen-bond donors (Lipinski definition) is 0. The Bertz CT molecular complexity index is 310. The Kier molecular flexibility index (Phi) is 2.91. The molecule has 1 aromatic carbocycles. The summed E-state index contributed by atoms with van der Waals surface area (Å²) in [7, 11) is 4.09. The highest BCUT2D eigenvalue weighted by atomic mass is 35.7. The van der Waals surface area contributed by atoms with Crippen LogP contribution in [0.15, 0.2) is 17.0 Å². The zero-order chi connectivity index (χ0) is 9.30. The summed E-state index contributed by atoms with van der Waals surface area (Å²) >= 11 is 0. The Balaban J connectivity index is 3.31. The molecule has 0 aliphatic heterocycles. The topological polar surface area (TPSA) is 17.1 Å². The van der Waals surface area contributed by atoms with Crippen molar-refractivity contribution in [3.05, 3.63) is 28.8 Å². The highest BCUT2D eigenvalue weighted by Gasteiger charge is 2.04. The number of hydrogen-bond acceptors (Lipinski definition) is 1. The van der Waals surface area contributed by atoms with Crippen LogP contribution in [0.3, 0.4) is 0 Å². The highest BCUT2D eigenvalue weighted by Crippen LogP contribution is 2.19. The van der Waals surface area contributed by atoms with Crippen molar-refractivity contribution in [1.82, 2.24) is 0 Å². The molecule has 1 aromatic rings. The lowest BCUT2D eigenvalue weighted by atomic mass is 10.1. The van der Waals surface area contributed by atoms with E-state index < -0.39 is 10.0 Å². The Labute approximate surface area is 79.7 Å². The normalized spacial score (nSPS) is 13.0. The molecule has 0 heterocycles. The van der Waals surface area contributed by atoms with Gasteiger partial charge in [-0.3, -0.25) is 0 Å². The minimum Gasteiger partial charge on any atom is -0.237 e. The predicted octanol–water partition coefficient (Wildman–Crippen LogP) is 2.87. The maximum atomic E-state index is 10.9. The fourth-order valence-electron chi connectivity index (χ4n) is 1.09. The van der Waals surface area contributed by atoms with Crippen LogP contribution in [0.2, 0.25) is 0 Å². The largest absolute Gasteiger partial charge is 0.237 e. The average molecular weight is 203 g/mol. The number of aryl methyl sites for hydroxylation is 2. The predicted molar refractivity (Wildman–Crippen MR) is 52.9 cm³/mol. The SMILES string of the molecule is Cc1cc(S(=O)Cl)cc(C)c1C. The number of benzene rings is 1. The van der Waals surface area contributed by atoms with Crippen molar-refractivity contribution in [3.8, 4) is 0 Å². The van der Waals surface area contributed by atoms with Crippen molar-refractivity contribution in [2.45, 2.75) is 25.7 Å². The summed E-state index contributed by atoms with van der Waals surface area (Å²) in [5.41, 5.74) is 3.51. The van der Waals surface area contributed by atoms with Gasteiger partial charge in [-0.25, -0.2) is 4.21 Å². The van der Waals surface area contributed by atoms with Crippen molar-refractivity contribution in [2.24, 2.45) is 0 Å². The fourth-order valence-corrected chi connectivity index (χ4v) is 1.89. The maximum absolute atomic E-state index is 10.9. The Hall–Kier alpha value is -0.340. The van der Waals surface area contributed by atoms with E-state index in [2.05, 4.69) is 0 Å². The molecule has 0 N–H and O–H groups in total. The zero-order valence-electron chi connectivity index (χ0n) is 7.35. The maximum Gasteiger partial charge on any atom is 0.147 e. The van der Waals surface area contributed by atoms with Crippen molar-refractivity contribution in [3.63, 3.8) is 0 Å². The average Bonchev–Trinajstić information content (AvgIpc) is 1.99. The zero-order valence-corrected chi connectivity index (χ0v) is 8.92. The molecule has 1 rings (SSSR count). The van der Waals surface area contributed by atoms with Gasteiger partial charge in [-0.15, -0.1) is 0 Å². The molecule has 0 saturated heterocycles. The number of halogens is 1. The molecule has 1 atom stereocenters. The lowest BCUT2D eigenvalue weighted by Gasteiger charge is -2.05. The second kappa shape index (κ2) is 3.58. The standard InChI is InChI=1S/C9H11ClOS/c1-6-4-9(12(10)11)5-7(2)8(6)3/h4-5H,1-3H3. The summed E-state index contributed by atoms with van der Waals surface area (Å²) in [5, 5.41) is 0. The second-order valence-electron chi connectivity index (χ2n) is 2.91. The molecule has 0 aliphatic carbocycles. The Morgan fingerprint density at radius 2 is 1.58 bits per heavy atom. The first-order chi connectivity index (χ1) is 5.52. The first-order valence-corrected chi connectivity index (χ1v) is 5.66. The first kappa shape index (κ1) is 9.75. The molecule has 66 valence electrons. The van der Waals surface area contributed by atoms with Crippen molar-refractivity contribution < 1.29 is 4.21 Å². The van der Waals surface area contributed by atoms with Gasteiger partial charge in [0, 0.05) is 0 Å². The van der Waals surface area contributed by atoms with Gasteiger partial charge in [-0.2, -0.15) is 0 Å². The summed E-state index contributed by atoms with van der Waals surface area (Å²) in [4.78, 5) is 0.692. The van der Waals surface area contributed by atoms with Crippen LogP contribution in [0, 0.1) is 20.8 Å². The van der Waals surface area contributed by atoms with Gasteiger partial charge in [0.15, 0.2) is 0 Å². The van der Waals surface area contributed by atoms with Crippen LogP contribution in [0.5, 0.6) is 0 Å². The van der Waals surface area contributed by atoms with E-state index in [4.69, 9.17) is 10.7 Å². The van der Waals surface area contributed by atoms with E-state index in [0.29, 0.717) is 4.90 Å². The van der Waals surface area contributed by atoms with Gasteiger partial charge < -0.3 is 0 Å². The van der Waals surface area contributed by atoms with Gasteiger partial charge in [-0.1, -0.05) is 0 Å². The third kappa shape index (κ3) is 1.87. The molecule has 3 heteroatoms. The van der Waals surface area contributed by atoms with E-state index in [1.165, 1.54) is 5.56 Å². The third-order valence-electron chi connectivity index (χ3n) is 2.09. The van der Waals surface area contributed by atoms with Gasteiger partial charge in [0.2, 0.25) is 0 Å². The molecule has 12 heavy (non-hydrogen) atoms. The fraction of sp³-hybridized carbons (Fsp3) is 0.333. The van der Waals surface area contributed by atoms with Gasteiger partial charge in [0.25, 0.3) is 0 Å². The lowest BCUT2D eigenvalue weighted by molar-refractivity contribution is 0.691. The molecule has 1 unspecified atom stereocenters. The molecule has 0 aliphatic rings. The van der Waals surface area contributed by atoms with Crippen LogP contribution < -0.4 is 0 Å². The van der Waals surface area contributed by atoms with Gasteiger partial charge in [0.1, 0.15) is 10.0 Å². The quantitative estimate of drug-likeness (QED) is 0.641. The van der Waals surface area contributed by atoms with Crippen molar-refractivity contribution in [1.29, 1.82) is 0 Å². The van der Waals surface area contributed by atoms with Crippen LogP contribution in [0.4, 0.5) is 0 Å². The molecule has 0 bridgehead atoms. The van der Waals surface area contributed by atoms with Crippen LogP contribution in [-0.2, 0) is 10.0 Å². The smallest absolute Gasteiger partial charge is 0.147 e. The molecule has 0 radical (unpaired) electrons. The van der Waals surface area contributed by atoms with E-state index in [-0.39, 0.29) is 0 Å². The first-order valence-electron chi connectivity index (χ1n) is 3.68. The summed E-state index contributed by atoms with van der Waals surface area (Å²) in [6.07, 6.45) is 0. The summed E-state index contributed by atoms with van der Waals surface area (Å²) in [6, 6.07) is 3.73. The minimum atomic E-state index is -1.39. The van der Waals surface area contributed by atoms with E-state index in [1.807, 2.05) is 32.9 Å². The van der Waals surface area contributed by atoms with E-state index in [9.17, 15) is 4.21 Å². The Morgan fingerprint density at radius 1 is 1.17 bits per heavy atom. The lowest BCUT2D eigenvalue weighted by Crippen LogP contribution is -1.90. The number of rotatable bonds is 1. The Morgan fingerprint density at radius 3 is 1.92 bits per heavy atom. The van der Waals surface area contributed by atoms with Crippen molar-refractivity contribution in [2.75, 3.05) is 0 Å². The summed E-state index contributed by atoms with van der Waals surface area (Å²) in [5.74, 6) is 0. The third-order valence-corrected chi connectivity index (χ3v) is 3.23. The van der Waals surface area contributed by atoms with E-state index in [1.54, 1.807) is 0 Å². The summed E-state index contributed by atoms with van der Waals surface area (Å²) < 4.78 is 10.9.